The van der Waals surface area contributed by atoms with E-state index in [1.54, 1.807) is 7.11 Å². The lowest BCUT2D eigenvalue weighted by Gasteiger charge is -2.21. The molecule has 0 aliphatic heterocycles. The lowest BCUT2D eigenvalue weighted by Crippen LogP contribution is -2.32. The summed E-state index contributed by atoms with van der Waals surface area (Å²) >= 11 is 6.15. The third-order valence-corrected chi connectivity index (χ3v) is 4.83. The van der Waals surface area contributed by atoms with Crippen molar-refractivity contribution in [1.29, 1.82) is 0 Å². The van der Waals surface area contributed by atoms with Gasteiger partial charge >= 0.3 is 0 Å². The largest absolute Gasteiger partial charge is 0.495 e. The van der Waals surface area contributed by atoms with Crippen molar-refractivity contribution in [2.75, 3.05) is 7.11 Å². The first-order chi connectivity index (χ1) is 9.15. The molecule has 0 saturated heterocycles. The van der Waals surface area contributed by atoms with E-state index < -0.39 is 0 Å². The molecule has 3 atom stereocenters. The van der Waals surface area contributed by atoms with Crippen molar-refractivity contribution in [3.8, 4) is 5.75 Å². The Kier molecular flexibility index (Phi) is 5.12. The molecular formula is C16H24ClNO. The highest BCUT2D eigenvalue weighted by Gasteiger charge is 2.30. The smallest absolute Gasteiger partial charge is 0.137 e. The second kappa shape index (κ2) is 6.62. The molecule has 0 heterocycles. The van der Waals surface area contributed by atoms with Crippen LogP contribution in [-0.4, -0.2) is 13.2 Å². The highest BCUT2D eigenvalue weighted by atomic mass is 35.5. The lowest BCUT2D eigenvalue weighted by atomic mass is 9.93. The molecule has 3 heteroatoms. The first kappa shape index (κ1) is 14.7. The van der Waals surface area contributed by atoms with E-state index >= 15 is 0 Å². The summed E-state index contributed by atoms with van der Waals surface area (Å²) in [6.07, 6.45) is 3.95. The molecule has 1 aromatic rings. The van der Waals surface area contributed by atoms with Gasteiger partial charge in [-0.2, -0.15) is 0 Å². The minimum Gasteiger partial charge on any atom is -0.495 e. The summed E-state index contributed by atoms with van der Waals surface area (Å²) in [5.74, 6) is 2.40. The zero-order valence-corrected chi connectivity index (χ0v) is 12.8. The van der Waals surface area contributed by atoms with Gasteiger partial charge < -0.3 is 10.1 Å². The molecule has 0 radical (unpaired) electrons. The van der Waals surface area contributed by atoms with Crippen LogP contribution in [0, 0.1) is 11.8 Å². The van der Waals surface area contributed by atoms with Gasteiger partial charge in [-0.05, 0) is 42.4 Å². The number of rotatable bonds is 5. The number of benzene rings is 1. The Morgan fingerprint density at radius 1 is 1.37 bits per heavy atom. The summed E-state index contributed by atoms with van der Waals surface area (Å²) in [6.45, 7) is 5.56. The van der Waals surface area contributed by atoms with Gasteiger partial charge in [-0.3, -0.25) is 0 Å². The zero-order chi connectivity index (χ0) is 13.8. The Hall–Kier alpha value is -0.730. The minimum atomic E-state index is 0.644. The predicted octanol–water partition coefficient (Wildman–Crippen LogP) is 4.26. The molecule has 0 aromatic heterocycles. The zero-order valence-electron chi connectivity index (χ0n) is 12.1. The number of ether oxygens (including phenoxy) is 1. The number of methoxy groups -OCH3 is 1. The van der Waals surface area contributed by atoms with Gasteiger partial charge in [0.05, 0.1) is 12.1 Å². The second-order valence-corrected chi connectivity index (χ2v) is 5.97. The molecule has 19 heavy (non-hydrogen) atoms. The monoisotopic (exact) mass is 281 g/mol. The molecule has 1 aliphatic rings. The van der Waals surface area contributed by atoms with E-state index in [0.29, 0.717) is 11.1 Å². The van der Waals surface area contributed by atoms with E-state index in [0.717, 1.165) is 24.1 Å². The van der Waals surface area contributed by atoms with Gasteiger partial charge in [-0.1, -0.05) is 37.9 Å². The van der Waals surface area contributed by atoms with Crippen LogP contribution in [0.1, 0.15) is 38.7 Å². The van der Waals surface area contributed by atoms with Crippen LogP contribution in [0.3, 0.4) is 0 Å². The van der Waals surface area contributed by atoms with Gasteiger partial charge in [-0.15, -0.1) is 0 Å². The van der Waals surface area contributed by atoms with Gasteiger partial charge in [-0.25, -0.2) is 0 Å². The average Bonchev–Trinajstić information content (AvgIpc) is 2.77. The van der Waals surface area contributed by atoms with Crippen molar-refractivity contribution in [1.82, 2.24) is 5.32 Å². The Balaban J connectivity index is 1.91. The first-order valence-corrected chi connectivity index (χ1v) is 7.59. The van der Waals surface area contributed by atoms with E-state index in [4.69, 9.17) is 16.3 Å². The van der Waals surface area contributed by atoms with Gasteiger partial charge in [0.2, 0.25) is 0 Å². The van der Waals surface area contributed by atoms with Gasteiger partial charge in [0, 0.05) is 12.6 Å². The van der Waals surface area contributed by atoms with Crippen LogP contribution in [0.25, 0.3) is 0 Å². The minimum absolute atomic E-state index is 0.644. The molecule has 2 rings (SSSR count). The van der Waals surface area contributed by atoms with Crippen molar-refractivity contribution in [3.05, 3.63) is 28.8 Å². The second-order valence-electron chi connectivity index (χ2n) is 5.56. The maximum Gasteiger partial charge on any atom is 0.137 e. The number of halogens is 1. The number of nitrogens with one attached hydrogen (secondary N) is 1. The summed E-state index contributed by atoms with van der Waals surface area (Å²) in [5.41, 5.74) is 1.22. The van der Waals surface area contributed by atoms with E-state index in [-0.39, 0.29) is 0 Å². The summed E-state index contributed by atoms with van der Waals surface area (Å²) in [6, 6.07) is 6.65. The maximum absolute atomic E-state index is 6.15. The third kappa shape index (κ3) is 3.43. The van der Waals surface area contributed by atoms with Crippen LogP contribution >= 0.6 is 11.6 Å². The van der Waals surface area contributed by atoms with Gasteiger partial charge in [0.1, 0.15) is 5.75 Å². The molecule has 106 valence electrons. The molecule has 1 aromatic carbocycles. The summed E-state index contributed by atoms with van der Waals surface area (Å²) in [5, 5.41) is 4.36. The van der Waals surface area contributed by atoms with Crippen molar-refractivity contribution < 1.29 is 4.74 Å². The molecule has 1 aliphatic carbocycles. The number of hydrogen-bond acceptors (Lipinski definition) is 2. The SMILES string of the molecule is CCC1CCC(NCc2ccc(OC)c(Cl)c2)C1C. The van der Waals surface area contributed by atoms with Crippen LogP contribution in [0.2, 0.25) is 5.02 Å². The molecule has 3 unspecified atom stereocenters. The standard InChI is InChI=1S/C16H24ClNO/c1-4-13-6-7-15(11(13)2)18-10-12-5-8-16(19-3)14(17)9-12/h5,8-9,11,13,15,18H,4,6-7,10H2,1-3H3. The lowest BCUT2D eigenvalue weighted by molar-refractivity contribution is 0.344. The molecule has 1 fully saturated rings. The van der Waals surface area contributed by atoms with Crippen LogP contribution in [0.5, 0.6) is 5.75 Å². The van der Waals surface area contributed by atoms with E-state index in [1.807, 2.05) is 12.1 Å². The Labute approximate surface area is 121 Å². The highest BCUT2D eigenvalue weighted by Crippen LogP contribution is 2.34. The first-order valence-electron chi connectivity index (χ1n) is 7.21. The Bertz CT molecular complexity index is 421. The average molecular weight is 282 g/mol. The molecule has 0 spiro atoms. The fourth-order valence-corrected chi connectivity index (χ4v) is 3.46. The fraction of sp³-hybridized carbons (Fsp3) is 0.625. The predicted molar refractivity (Wildman–Crippen MR) is 80.8 cm³/mol. The maximum atomic E-state index is 6.15. The molecular weight excluding hydrogens is 258 g/mol. The normalized spacial score (nSPS) is 26.6. The van der Waals surface area contributed by atoms with Crippen molar-refractivity contribution in [3.63, 3.8) is 0 Å². The summed E-state index contributed by atoms with van der Waals surface area (Å²) in [7, 11) is 1.64. The molecule has 1 N–H and O–H groups in total. The third-order valence-electron chi connectivity index (χ3n) is 4.54. The van der Waals surface area contributed by atoms with Crippen molar-refractivity contribution >= 4 is 11.6 Å². The highest BCUT2D eigenvalue weighted by molar-refractivity contribution is 6.32. The Morgan fingerprint density at radius 2 is 2.16 bits per heavy atom. The van der Waals surface area contributed by atoms with Gasteiger partial charge in [0.25, 0.3) is 0 Å². The number of hydrogen-bond donors (Lipinski definition) is 1. The van der Waals surface area contributed by atoms with Crippen LogP contribution in [-0.2, 0) is 6.54 Å². The van der Waals surface area contributed by atoms with E-state index in [1.165, 1.54) is 24.8 Å². The molecule has 2 nitrogen and oxygen atoms in total. The van der Waals surface area contributed by atoms with Gasteiger partial charge in [0.15, 0.2) is 0 Å². The van der Waals surface area contributed by atoms with E-state index in [9.17, 15) is 0 Å². The van der Waals surface area contributed by atoms with E-state index in [2.05, 4.69) is 25.2 Å². The van der Waals surface area contributed by atoms with Crippen LogP contribution in [0.4, 0.5) is 0 Å². The molecule has 1 saturated carbocycles. The Morgan fingerprint density at radius 3 is 2.74 bits per heavy atom. The van der Waals surface area contributed by atoms with Crippen molar-refractivity contribution in [2.45, 2.75) is 45.7 Å². The van der Waals surface area contributed by atoms with Crippen LogP contribution in [0.15, 0.2) is 18.2 Å². The summed E-state index contributed by atoms with van der Waals surface area (Å²) < 4.78 is 5.17. The topological polar surface area (TPSA) is 21.3 Å². The molecule has 0 bridgehead atoms. The quantitative estimate of drug-likeness (QED) is 0.871. The van der Waals surface area contributed by atoms with Crippen LogP contribution < -0.4 is 10.1 Å². The van der Waals surface area contributed by atoms with Crippen molar-refractivity contribution in [2.24, 2.45) is 11.8 Å². The fourth-order valence-electron chi connectivity index (χ4n) is 3.18. The molecule has 0 amide bonds. The summed E-state index contributed by atoms with van der Waals surface area (Å²) in [4.78, 5) is 0.